The smallest absolute Gasteiger partial charge is 0.233 e. The number of amides is 1. The second-order valence-electron chi connectivity index (χ2n) is 5.46. The van der Waals surface area contributed by atoms with Gasteiger partial charge in [0.25, 0.3) is 0 Å². The molecule has 0 aliphatic rings. The van der Waals surface area contributed by atoms with Crippen molar-refractivity contribution in [3.63, 3.8) is 0 Å². The van der Waals surface area contributed by atoms with Crippen LogP contribution in [0.2, 0.25) is 0 Å². The zero-order valence-electron chi connectivity index (χ0n) is 13.1. The van der Waals surface area contributed by atoms with Gasteiger partial charge < -0.3 is 10.3 Å². The zero-order valence-corrected chi connectivity index (χ0v) is 13.9. The number of H-pyrrole nitrogens is 1. The van der Waals surface area contributed by atoms with Crippen molar-refractivity contribution < 1.29 is 4.79 Å². The summed E-state index contributed by atoms with van der Waals surface area (Å²) in [5.41, 5.74) is 3.00. The van der Waals surface area contributed by atoms with Crippen LogP contribution in [-0.4, -0.2) is 21.1 Å². The molecule has 2 atom stereocenters. The Morgan fingerprint density at radius 1 is 1.09 bits per heavy atom. The minimum absolute atomic E-state index is 0.00630. The number of hydrogen-bond acceptors (Lipinski definition) is 3. The number of benzene rings is 2. The molecule has 1 heterocycles. The predicted octanol–water partition coefficient (Wildman–Crippen LogP) is 3.92. The molecule has 23 heavy (non-hydrogen) atoms. The first-order chi connectivity index (χ1) is 11.1. The Labute approximate surface area is 139 Å². The summed E-state index contributed by atoms with van der Waals surface area (Å²) in [5.74, 6) is 0.00630. The molecule has 0 saturated heterocycles. The lowest BCUT2D eigenvalue weighted by Gasteiger charge is -2.17. The minimum Gasteiger partial charge on any atom is -0.349 e. The predicted molar refractivity (Wildman–Crippen MR) is 94.4 cm³/mol. The Balaban J connectivity index is 1.63. The van der Waals surface area contributed by atoms with Crippen molar-refractivity contribution in [2.75, 3.05) is 0 Å². The van der Waals surface area contributed by atoms with Crippen LogP contribution in [0.5, 0.6) is 0 Å². The average molecular weight is 325 g/mol. The molecule has 0 radical (unpaired) electrons. The van der Waals surface area contributed by atoms with Gasteiger partial charge in [-0.15, -0.1) is 0 Å². The third-order valence-corrected chi connectivity index (χ3v) is 4.67. The third-order valence-electron chi connectivity index (χ3n) is 3.68. The highest BCUT2D eigenvalue weighted by molar-refractivity contribution is 8.00. The summed E-state index contributed by atoms with van der Waals surface area (Å²) in [6.45, 7) is 3.89. The van der Waals surface area contributed by atoms with Gasteiger partial charge in [-0.05, 0) is 31.5 Å². The van der Waals surface area contributed by atoms with E-state index >= 15 is 0 Å². The van der Waals surface area contributed by atoms with Gasteiger partial charge >= 0.3 is 0 Å². The van der Waals surface area contributed by atoms with Gasteiger partial charge in [0, 0.05) is 0 Å². The van der Waals surface area contributed by atoms with Crippen LogP contribution >= 0.6 is 11.8 Å². The molecule has 3 rings (SSSR count). The summed E-state index contributed by atoms with van der Waals surface area (Å²) >= 11 is 1.44. The van der Waals surface area contributed by atoms with Crippen LogP contribution in [0.4, 0.5) is 0 Å². The SMILES string of the molecule is CC(Sc1nc2ccccc2[nH]1)C(=O)NC(C)c1ccccc1. The van der Waals surface area contributed by atoms with Crippen LogP contribution in [0, 0.1) is 0 Å². The first-order valence-electron chi connectivity index (χ1n) is 7.60. The molecule has 0 bridgehead atoms. The van der Waals surface area contributed by atoms with E-state index < -0.39 is 0 Å². The Bertz CT molecular complexity index is 767. The quantitative estimate of drug-likeness (QED) is 0.699. The van der Waals surface area contributed by atoms with Gasteiger partial charge in [-0.3, -0.25) is 4.79 Å². The lowest BCUT2D eigenvalue weighted by Crippen LogP contribution is -2.33. The second-order valence-corrected chi connectivity index (χ2v) is 6.79. The molecule has 2 aromatic carbocycles. The number of aromatic nitrogens is 2. The molecule has 2 N–H and O–H groups in total. The van der Waals surface area contributed by atoms with E-state index in [-0.39, 0.29) is 17.2 Å². The van der Waals surface area contributed by atoms with Crippen LogP contribution in [0.3, 0.4) is 0 Å². The second kappa shape index (κ2) is 6.87. The highest BCUT2D eigenvalue weighted by atomic mass is 32.2. The number of para-hydroxylation sites is 2. The maximum atomic E-state index is 12.4. The van der Waals surface area contributed by atoms with Gasteiger partial charge in [0.15, 0.2) is 5.16 Å². The standard InChI is InChI=1S/C18H19N3OS/c1-12(14-8-4-3-5-9-14)19-17(22)13(2)23-18-20-15-10-6-7-11-16(15)21-18/h3-13H,1-2H3,(H,19,22)(H,20,21). The minimum atomic E-state index is -0.221. The van der Waals surface area contributed by atoms with E-state index in [1.807, 2.05) is 68.4 Å². The highest BCUT2D eigenvalue weighted by Crippen LogP contribution is 2.24. The van der Waals surface area contributed by atoms with E-state index in [0.717, 1.165) is 21.8 Å². The summed E-state index contributed by atoms with van der Waals surface area (Å²) < 4.78 is 0. The van der Waals surface area contributed by atoms with Gasteiger partial charge in [0.2, 0.25) is 5.91 Å². The number of nitrogens with zero attached hydrogens (tertiary/aromatic N) is 1. The Hall–Kier alpha value is -2.27. The van der Waals surface area contributed by atoms with E-state index in [0.29, 0.717) is 0 Å². The topological polar surface area (TPSA) is 57.8 Å². The maximum absolute atomic E-state index is 12.4. The number of imidazole rings is 1. The van der Waals surface area contributed by atoms with Crippen molar-refractivity contribution in [1.29, 1.82) is 0 Å². The number of carbonyl (C=O) groups excluding carboxylic acids is 1. The lowest BCUT2D eigenvalue weighted by atomic mass is 10.1. The fourth-order valence-corrected chi connectivity index (χ4v) is 3.19. The van der Waals surface area contributed by atoms with E-state index in [1.165, 1.54) is 11.8 Å². The number of rotatable bonds is 5. The average Bonchev–Trinajstić information content (AvgIpc) is 2.97. The van der Waals surface area contributed by atoms with Gasteiger partial charge in [-0.2, -0.15) is 0 Å². The maximum Gasteiger partial charge on any atom is 0.233 e. The summed E-state index contributed by atoms with van der Waals surface area (Å²) in [5, 5.41) is 3.59. The zero-order chi connectivity index (χ0) is 16.2. The van der Waals surface area contributed by atoms with Crippen molar-refractivity contribution in [3.05, 3.63) is 60.2 Å². The number of carbonyl (C=O) groups is 1. The molecule has 2 unspecified atom stereocenters. The molecule has 0 aliphatic carbocycles. The number of thioether (sulfide) groups is 1. The molecular weight excluding hydrogens is 306 g/mol. The summed E-state index contributed by atoms with van der Waals surface area (Å²) in [7, 11) is 0. The fourth-order valence-electron chi connectivity index (χ4n) is 2.36. The van der Waals surface area contributed by atoms with Gasteiger partial charge in [0.1, 0.15) is 0 Å². The molecule has 3 aromatic rings. The van der Waals surface area contributed by atoms with Crippen molar-refractivity contribution in [2.24, 2.45) is 0 Å². The first kappa shape index (κ1) is 15.6. The van der Waals surface area contributed by atoms with E-state index in [2.05, 4.69) is 15.3 Å². The molecular formula is C18H19N3OS. The van der Waals surface area contributed by atoms with Crippen LogP contribution in [0.15, 0.2) is 59.8 Å². The Morgan fingerprint density at radius 2 is 1.78 bits per heavy atom. The van der Waals surface area contributed by atoms with Gasteiger partial charge in [-0.25, -0.2) is 4.98 Å². The number of aromatic amines is 1. The number of nitrogens with one attached hydrogen (secondary N) is 2. The van der Waals surface area contributed by atoms with Crippen molar-refractivity contribution in [1.82, 2.24) is 15.3 Å². The van der Waals surface area contributed by atoms with Crippen LogP contribution in [0.1, 0.15) is 25.5 Å². The molecule has 118 valence electrons. The number of hydrogen-bond donors (Lipinski definition) is 2. The van der Waals surface area contributed by atoms with Crippen LogP contribution < -0.4 is 5.32 Å². The fraction of sp³-hybridized carbons (Fsp3) is 0.222. The summed E-state index contributed by atoms with van der Waals surface area (Å²) in [4.78, 5) is 20.1. The molecule has 0 spiro atoms. The van der Waals surface area contributed by atoms with Gasteiger partial charge in [0.05, 0.1) is 22.3 Å². The molecule has 0 saturated carbocycles. The molecule has 1 amide bonds. The normalized spacial score (nSPS) is 13.7. The Morgan fingerprint density at radius 3 is 2.52 bits per heavy atom. The van der Waals surface area contributed by atoms with Gasteiger partial charge in [-0.1, -0.05) is 54.2 Å². The first-order valence-corrected chi connectivity index (χ1v) is 8.48. The molecule has 4 nitrogen and oxygen atoms in total. The van der Waals surface area contributed by atoms with E-state index in [1.54, 1.807) is 0 Å². The molecule has 1 aromatic heterocycles. The van der Waals surface area contributed by atoms with Crippen molar-refractivity contribution in [3.8, 4) is 0 Å². The monoisotopic (exact) mass is 325 g/mol. The summed E-state index contributed by atoms with van der Waals surface area (Å²) in [6.07, 6.45) is 0. The number of fused-ring (bicyclic) bond motifs is 1. The van der Waals surface area contributed by atoms with E-state index in [4.69, 9.17) is 0 Å². The third kappa shape index (κ3) is 3.74. The molecule has 0 fully saturated rings. The van der Waals surface area contributed by atoms with Crippen molar-refractivity contribution >= 4 is 28.7 Å². The Kier molecular flexibility index (Phi) is 4.67. The van der Waals surface area contributed by atoms with E-state index in [9.17, 15) is 4.79 Å². The lowest BCUT2D eigenvalue weighted by molar-refractivity contribution is -0.120. The summed E-state index contributed by atoms with van der Waals surface area (Å²) in [6, 6.07) is 17.8. The largest absolute Gasteiger partial charge is 0.349 e. The van der Waals surface area contributed by atoms with Crippen LogP contribution in [-0.2, 0) is 4.79 Å². The molecule has 5 heteroatoms. The highest BCUT2D eigenvalue weighted by Gasteiger charge is 2.18. The van der Waals surface area contributed by atoms with Crippen molar-refractivity contribution in [2.45, 2.75) is 30.3 Å². The molecule has 0 aliphatic heterocycles. The van der Waals surface area contributed by atoms with Crippen LogP contribution in [0.25, 0.3) is 11.0 Å².